The number of pyridine rings is 1. The van der Waals surface area contributed by atoms with Gasteiger partial charge in [0.25, 0.3) is 0 Å². The third-order valence-electron chi connectivity index (χ3n) is 2.18. The van der Waals surface area contributed by atoms with E-state index >= 15 is 0 Å². The van der Waals surface area contributed by atoms with E-state index in [-0.39, 0.29) is 0 Å². The van der Waals surface area contributed by atoms with Gasteiger partial charge in [-0.2, -0.15) is 0 Å². The molecule has 1 N–H and O–H groups in total. The number of anilines is 1. The van der Waals surface area contributed by atoms with E-state index in [4.69, 9.17) is 0 Å². The summed E-state index contributed by atoms with van der Waals surface area (Å²) in [5.74, 6) is 0. The molecular formula is C11H18N2. The second-order valence-electron chi connectivity index (χ2n) is 3.27. The Morgan fingerprint density at radius 2 is 2.00 bits per heavy atom. The Labute approximate surface area is 80.4 Å². The molecule has 0 aliphatic heterocycles. The number of nitrogens with zero attached hydrogens (tertiary/aromatic N) is 1. The first kappa shape index (κ1) is 10.0. The normalized spacial score (nSPS) is 12.5. The van der Waals surface area contributed by atoms with Crippen LogP contribution in [0.15, 0.2) is 24.5 Å². The predicted molar refractivity (Wildman–Crippen MR) is 56.8 cm³/mol. The fourth-order valence-electron chi connectivity index (χ4n) is 1.41. The molecule has 1 unspecified atom stereocenters. The fraction of sp³-hybridized carbons (Fsp3) is 0.545. The molecule has 0 aromatic carbocycles. The van der Waals surface area contributed by atoms with E-state index < -0.39 is 0 Å². The molecule has 13 heavy (non-hydrogen) atoms. The minimum atomic E-state index is 0.604. The minimum Gasteiger partial charge on any atom is -0.382 e. The highest BCUT2D eigenvalue weighted by molar-refractivity contribution is 5.41. The van der Waals surface area contributed by atoms with Gasteiger partial charge >= 0.3 is 0 Å². The summed E-state index contributed by atoms with van der Waals surface area (Å²) < 4.78 is 0. The van der Waals surface area contributed by atoms with Crippen LogP contribution in [0, 0.1) is 0 Å². The van der Waals surface area contributed by atoms with Gasteiger partial charge in [0.15, 0.2) is 0 Å². The van der Waals surface area contributed by atoms with Crippen molar-refractivity contribution in [1.82, 2.24) is 4.98 Å². The predicted octanol–water partition coefficient (Wildman–Crippen LogP) is 3.07. The summed E-state index contributed by atoms with van der Waals surface area (Å²) in [6, 6.07) is 4.63. The van der Waals surface area contributed by atoms with Crippen molar-refractivity contribution in [2.45, 2.75) is 39.2 Å². The number of aromatic nitrogens is 1. The molecular weight excluding hydrogens is 160 g/mol. The molecule has 1 atom stereocenters. The lowest BCUT2D eigenvalue weighted by Crippen LogP contribution is -2.17. The van der Waals surface area contributed by atoms with Crippen LogP contribution >= 0.6 is 0 Å². The number of rotatable bonds is 5. The smallest absolute Gasteiger partial charge is 0.0373 e. The zero-order valence-electron chi connectivity index (χ0n) is 8.46. The van der Waals surface area contributed by atoms with Crippen molar-refractivity contribution in [3.8, 4) is 0 Å². The monoisotopic (exact) mass is 178 g/mol. The van der Waals surface area contributed by atoms with Crippen LogP contribution in [0.3, 0.4) is 0 Å². The largest absolute Gasteiger partial charge is 0.382 e. The lowest BCUT2D eigenvalue weighted by atomic mass is 10.1. The molecule has 0 spiro atoms. The molecule has 0 saturated heterocycles. The quantitative estimate of drug-likeness (QED) is 0.749. The van der Waals surface area contributed by atoms with Gasteiger partial charge < -0.3 is 5.32 Å². The van der Waals surface area contributed by atoms with E-state index in [0.29, 0.717) is 6.04 Å². The summed E-state index contributed by atoms with van der Waals surface area (Å²) in [6.45, 7) is 4.44. The second-order valence-corrected chi connectivity index (χ2v) is 3.27. The van der Waals surface area contributed by atoms with Gasteiger partial charge in [0.2, 0.25) is 0 Å². The Hall–Kier alpha value is -1.05. The minimum absolute atomic E-state index is 0.604. The molecule has 2 heteroatoms. The maximum absolute atomic E-state index is 3.98. The van der Waals surface area contributed by atoms with Crippen LogP contribution in [0.1, 0.15) is 33.1 Å². The highest BCUT2D eigenvalue weighted by Crippen LogP contribution is 2.10. The van der Waals surface area contributed by atoms with Crippen molar-refractivity contribution in [3.63, 3.8) is 0 Å². The lowest BCUT2D eigenvalue weighted by Gasteiger charge is -2.16. The summed E-state index contributed by atoms with van der Waals surface area (Å²) in [5.41, 5.74) is 1.18. The maximum Gasteiger partial charge on any atom is 0.0373 e. The van der Waals surface area contributed by atoms with Crippen LogP contribution in [0.2, 0.25) is 0 Å². The second kappa shape index (κ2) is 5.57. The average molecular weight is 178 g/mol. The van der Waals surface area contributed by atoms with E-state index in [1.807, 2.05) is 24.5 Å². The van der Waals surface area contributed by atoms with Gasteiger partial charge in [-0.1, -0.05) is 20.3 Å². The number of hydrogen-bond donors (Lipinski definition) is 1. The van der Waals surface area contributed by atoms with Crippen molar-refractivity contribution in [3.05, 3.63) is 24.5 Å². The Kier molecular flexibility index (Phi) is 4.30. The van der Waals surface area contributed by atoms with Crippen molar-refractivity contribution in [2.75, 3.05) is 5.32 Å². The van der Waals surface area contributed by atoms with E-state index in [1.54, 1.807) is 0 Å². The van der Waals surface area contributed by atoms with Crippen LogP contribution in [-0.2, 0) is 0 Å². The van der Waals surface area contributed by atoms with E-state index in [9.17, 15) is 0 Å². The van der Waals surface area contributed by atoms with Crippen LogP contribution in [-0.4, -0.2) is 11.0 Å². The Bertz CT molecular complexity index is 221. The van der Waals surface area contributed by atoms with Crippen molar-refractivity contribution < 1.29 is 0 Å². The average Bonchev–Trinajstić information content (AvgIpc) is 2.19. The van der Waals surface area contributed by atoms with Crippen LogP contribution in [0.25, 0.3) is 0 Å². The maximum atomic E-state index is 3.98. The molecule has 2 nitrogen and oxygen atoms in total. The van der Waals surface area contributed by atoms with Crippen molar-refractivity contribution >= 4 is 5.69 Å². The van der Waals surface area contributed by atoms with E-state index in [2.05, 4.69) is 24.1 Å². The number of nitrogens with one attached hydrogen (secondary N) is 1. The van der Waals surface area contributed by atoms with Gasteiger partial charge in [-0.15, -0.1) is 0 Å². The third-order valence-corrected chi connectivity index (χ3v) is 2.18. The Morgan fingerprint density at radius 3 is 2.54 bits per heavy atom. The first-order chi connectivity index (χ1) is 6.36. The molecule has 0 aliphatic carbocycles. The molecule has 0 fully saturated rings. The topological polar surface area (TPSA) is 24.9 Å². The SMILES string of the molecule is CCCC(CC)Nc1ccncc1. The Balaban J connectivity index is 2.46. The summed E-state index contributed by atoms with van der Waals surface area (Å²) >= 11 is 0. The van der Waals surface area contributed by atoms with E-state index in [1.165, 1.54) is 24.9 Å². The summed E-state index contributed by atoms with van der Waals surface area (Å²) in [6.07, 6.45) is 7.29. The van der Waals surface area contributed by atoms with Crippen molar-refractivity contribution in [2.24, 2.45) is 0 Å². The lowest BCUT2D eigenvalue weighted by molar-refractivity contribution is 0.623. The first-order valence-corrected chi connectivity index (χ1v) is 5.03. The highest BCUT2D eigenvalue weighted by atomic mass is 14.9. The molecule has 0 saturated carbocycles. The summed E-state index contributed by atoms with van der Waals surface area (Å²) in [4.78, 5) is 3.98. The van der Waals surface area contributed by atoms with Crippen LogP contribution in [0.5, 0.6) is 0 Å². The van der Waals surface area contributed by atoms with Crippen LogP contribution < -0.4 is 5.32 Å². The number of hydrogen-bond acceptors (Lipinski definition) is 2. The molecule has 0 amide bonds. The fourth-order valence-corrected chi connectivity index (χ4v) is 1.41. The zero-order chi connectivity index (χ0) is 9.52. The van der Waals surface area contributed by atoms with Crippen LogP contribution in [0.4, 0.5) is 5.69 Å². The first-order valence-electron chi connectivity index (χ1n) is 5.03. The third kappa shape index (κ3) is 3.45. The van der Waals surface area contributed by atoms with E-state index in [0.717, 1.165) is 0 Å². The Morgan fingerprint density at radius 1 is 1.31 bits per heavy atom. The van der Waals surface area contributed by atoms with Gasteiger partial charge in [0, 0.05) is 24.1 Å². The molecule has 72 valence electrons. The molecule has 1 heterocycles. The van der Waals surface area contributed by atoms with Gasteiger partial charge in [-0.3, -0.25) is 4.98 Å². The molecule has 0 bridgehead atoms. The van der Waals surface area contributed by atoms with Gasteiger partial charge in [0.05, 0.1) is 0 Å². The van der Waals surface area contributed by atoms with Gasteiger partial charge in [-0.05, 0) is 25.0 Å². The highest BCUT2D eigenvalue weighted by Gasteiger charge is 2.03. The van der Waals surface area contributed by atoms with Crippen molar-refractivity contribution in [1.29, 1.82) is 0 Å². The zero-order valence-corrected chi connectivity index (χ0v) is 8.46. The van der Waals surface area contributed by atoms with Gasteiger partial charge in [0.1, 0.15) is 0 Å². The molecule has 0 radical (unpaired) electrons. The summed E-state index contributed by atoms with van der Waals surface area (Å²) in [5, 5.41) is 3.49. The standard InChI is InChI=1S/C11H18N2/c1-3-5-10(4-2)13-11-6-8-12-9-7-11/h6-10H,3-5H2,1-2H3,(H,12,13). The molecule has 0 aliphatic rings. The van der Waals surface area contributed by atoms with Gasteiger partial charge in [-0.25, -0.2) is 0 Å². The molecule has 1 aromatic heterocycles. The molecule has 1 aromatic rings. The molecule has 1 rings (SSSR count). The summed E-state index contributed by atoms with van der Waals surface area (Å²) in [7, 11) is 0.